The van der Waals surface area contributed by atoms with Crippen molar-refractivity contribution in [2.45, 2.75) is 83.0 Å². The van der Waals surface area contributed by atoms with Crippen molar-refractivity contribution in [3.8, 4) is 0 Å². The predicted octanol–water partition coefficient (Wildman–Crippen LogP) is 0.612. The van der Waals surface area contributed by atoms with Crippen LogP contribution in [0, 0.1) is 22.7 Å². The molecule has 3 N–H and O–H groups in total. The van der Waals surface area contributed by atoms with Crippen molar-refractivity contribution in [1.29, 1.82) is 0 Å². The van der Waals surface area contributed by atoms with Crippen LogP contribution in [0.2, 0.25) is 0 Å². The average Bonchev–Trinajstić information content (AvgIpc) is 2.98. The van der Waals surface area contributed by atoms with E-state index in [-0.39, 0.29) is 36.9 Å². The fraction of sp³-hybridized carbons (Fsp3) is 0.950. The second-order valence-corrected chi connectivity index (χ2v) is 9.55. The van der Waals surface area contributed by atoms with Crippen molar-refractivity contribution in [1.82, 2.24) is 0 Å². The molecule has 0 amide bonds. The van der Waals surface area contributed by atoms with E-state index in [1.807, 2.05) is 6.92 Å². The maximum Gasteiger partial charge on any atom is 0.0972 e. The highest BCUT2D eigenvalue weighted by Gasteiger charge is 2.68. The van der Waals surface area contributed by atoms with Crippen LogP contribution in [0.15, 0.2) is 0 Å². The number of fused-ring (bicyclic) bond motifs is 2. The lowest BCUT2D eigenvalue weighted by Gasteiger charge is -2.65. The molecule has 0 aromatic heterocycles. The molecular weight excluding hydrogens is 336 g/mol. The van der Waals surface area contributed by atoms with Crippen LogP contribution in [0.3, 0.4) is 0 Å². The van der Waals surface area contributed by atoms with Gasteiger partial charge in [0.1, 0.15) is 0 Å². The number of aliphatic hydroxyl groups is 3. The number of hydrogen-bond donors (Lipinski definition) is 3. The number of carbonyl (C=O) groups excluding carboxylic acids is 1. The monoisotopic (exact) mass is 369 g/mol. The zero-order valence-electron chi connectivity index (χ0n) is 16.2. The van der Waals surface area contributed by atoms with Gasteiger partial charge in [0.05, 0.1) is 30.5 Å². The minimum atomic E-state index is -1.21. The highest BCUT2D eigenvalue weighted by molar-refractivity contribution is 5.66. The van der Waals surface area contributed by atoms with Crippen molar-refractivity contribution < 1.29 is 30.0 Å². The fourth-order valence-electron chi connectivity index (χ4n) is 6.69. The minimum Gasteiger partial charge on any atom is -0.550 e. The second kappa shape index (κ2) is 6.43. The Labute approximate surface area is 155 Å². The Kier molecular flexibility index (Phi) is 4.96. The van der Waals surface area contributed by atoms with Crippen molar-refractivity contribution in [2.75, 3.05) is 13.2 Å². The topological polar surface area (TPSA) is 110 Å². The van der Waals surface area contributed by atoms with Crippen molar-refractivity contribution in [3.63, 3.8) is 0 Å². The van der Waals surface area contributed by atoms with Gasteiger partial charge in [0, 0.05) is 23.2 Å². The summed E-state index contributed by atoms with van der Waals surface area (Å²) in [5.74, 6) is -0.907. The van der Waals surface area contributed by atoms with Gasteiger partial charge in [-0.25, -0.2) is 0 Å². The van der Waals surface area contributed by atoms with Crippen LogP contribution in [0.5, 0.6) is 0 Å². The summed E-state index contributed by atoms with van der Waals surface area (Å²) < 4.78 is 6.56. The van der Waals surface area contributed by atoms with Crippen LogP contribution in [0.25, 0.3) is 0 Å². The normalized spacial score (nSPS) is 51.4. The fourth-order valence-corrected chi connectivity index (χ4v) is 6.69. The molecule has 1 heterocycles. The summed E-state index contributed by atoms with van der Waals surface area (Å²) in [5.41, 5.74) is -2.53. The lowest BCUT2D eigenvalue weighted by atomic mass is 9.43. The molecule has 0 radical (unpaired) electrons. The molecule has 26 heavy (non-hydrogen) atoms. The molecule has 0 aromatic rings. The summed E-state index contributed by atoms with van der Waals surface area (Å²) in [6.45, 7) is 5.87. The first-order valence-electron chi connectivity index (χ1n) is 9.89. The van der Waals surface area contributed by atoms with Crippen LogP contribution >= 0.6 is 0 Å². The molecule has 2 saturated carbocycles. The smallest absolute Gasteiger partial charge is 0.0972 e. The SMILES string of the molecule is CC1CCC2[C@](C)(CO)[C@@H](O)CC[C@]2(C)[C@@]12CCC(CO)(CC(=O)[O-])O2. The third-order valence-corrected chi connectivity index (χ3v) is 8.36. The molecule has 0 bridgehead atoms. The first-order chi connectivity index (χ1) is 12.1. The Hall–Kier alpha value is -0.690. The van der Waals surface area contributed by atoms with Gasteiger partial charge in [-0.3, -0.25) is 0 Å². The van der Waals surface area contributed by atoms with Crippen LogP contribution in [-0.4, -0.2) is 51.8 Å². The van der Waals surface area contributed by atoms with Gasteiger partial charge in [-0.1, -0.05) is 20.8 Å². The summed E-state index contributed by atoms with van der Waals surface area (Å²) in [6, 6.07) is 0. The van der Waals surface area contributed by atoms with Crippen molar-refractivity contribution >= 4 is 5.97 Å². The summed E-state index contributed by atoms with van der Waals surface area (Å²) in [5, 5.41) is 41.9. The van der Waals surface area contributed by atoms with E-state index in [0.29, 0.717) is 19.3 Å². The minimum absolute atomic E-state index is 0.0803. The van der Waals surface area contributed by atoms with Crippen LogP contribution < -0.4 is 5.11 Å². The summed E-state index contributed by atoms with van der Waals surface area (Å²) in [7, 11) is 0. The molecule has 0 aromatic carbocycles. The molecule has 3 rings (SSSR count). The largest absolute Gasteiger partial charge is 0.550 e. The molecule has 3 aliphatic rings. The lowest BCUT2D eigenvalue weighted by molar-refractivity contribution is -0.315. The van der Waals surface area contributed by atoms with Crippen molar-refractivity contribution in [3.05, 3.63) is 0 Å². The molecule has 1 spiro atoms. The zero-order valence-corrected chi connectivity index (χ0v) is 16.2. The van der Waals surface area contributed by atoms with E-state index >= 15 is 0 Å². The van der Waals surface area contributed by atoms with E-state index in [1.165, 1.54) is 0 Å². The number of carbonyl (C=O) groups is 1. The quantitative estimate of drug-likeness (QED) is 0.670. The molecule has 2 aliphatic carbocycles. The maximum atomic E-state index is 11.3. The number of aliphatic carboxylic acids is 1. The number of ether oxygens (including phenoxy) is 1. The van der Waals surface area contributed by atoms with E-state index in [0.717, 1.165) is 19.3 Å². The Bertz CT molecular complexity index is 567. The summed E-state index contributed by atoms with van der Waals surface area (Å²) in [6.07, 6.45) is 3.48. The molecule has 150 valence electrons. The summed E-state index contributed by atoms with van der Waals surface area (Å²) >= 11 is 0. The number of carboxylic acids is 1. The van der Waals surface area contributed by atoms with Gasteiger partial charge in [0.2, 0.25) is 0 Å². The molecule has 1 aliphatic heterocycles. The van der Waals surface area contributed by atoms with Gasteiger partial charge >= 0.3 is 0 Å². The van der Waals surface area contributed by atoms with Gasteiger partial charge in [-0.05, 0) is 50.4 Å². The standard InChI is InChI=1S/C20H34O6/c1-13-4-5-14-17(2,11-21)15(23)6-7-18(14,3)20(13)9-8-19(12-22,26-20)10-16(24)25/h13-15,21-23H,4-12H2,1-3H3,(H,24,25)/p-1/t13?,14?,15-,17-,18-,19?,20+/m0/s1. The Morgan fingerprint density at radius 2 is 1.81 bits per heavy atom. The number of carboxylic acid groups (broad SMARTS) is 1. The lowest BCUT2D eigenvalue weighted by Crippen LogP contribution is -2.66. The Morgan fingerprint density at radius 1 is 1.12 bits per heavy atom. The third-order valence-electron chi connectivity index (χ3n) is 8.36. The third kappa shape index (κ3) is 2.56. The molecule has 3 unspecified atom stereocenters. The molecule has 3 fully saturated rings. The average molecular weight is 369 g/mol. The van der Waals surface area contributed by atoms with Gasteiger partial charge in [0.15, 0.2) is 0 Å². The number of rotatable bonds is 4. The Balaban J connectivity index is 2.02. The molecule has 6 nitrogen and oxygen atoms in total. The number of hydrogen-bond acceptors (Lipinski definition) is 6. The molecule has 1 saturated heterocycles. The van der Waals surface area contributed by atoms with Crippen LogP contribution in [-0.2, 0) is 9.53 Å². The first-order valence-corrected chi connectivity index (χ1v) is 9.89. The van der Waals surface area contributed by atoms with E-state index in [4.69, 9.17) is 4.74 Å². The van der Waals surface area contributed by atoms with Crippen LogP contribution in [0.4, 0.5) is 0 Å². The maximum absolute atomic E-state index is 11.3. The Morgan fingerprint density at radius 3 is 2.38 bits per heavy atom. The second-order valence-electron chi connectivity index (χ2n) is 9.55. The van der Waals surface area contributed by atoms with Gasteiger partial charge in [-0.2, -0.15) is 0 Å². The predicted molar refractivity (Wildman–Crippen MR) is 92.9 cm³/mol. The van der Waals surface area contributed by atoms with E-state index in [1.54, 1.807) is 0 Å². The number of aliphatic hydroxyl groups excluding tert-OH is 3. The first kappa shape index (κ1) is 20.1. The zero-order chi connectivity index (χ0) is 19.4. The highest BCUT2D eigenvalue weighted by Crippen LogP contribution is 2.67. The van der Waals surface area contributed by atoms with E-state index in [9.17, 15) is 25.2 Å². The van der Waals surface area contributed by atoms with Gasteiger partial charge in [0.25, 0.3) is 0 Å². The van der Waals surface area contributed by atoms with E-state index in [2.05, 4.69) is 13.8 Å². The van der Waals surface area contributed by atoms with Gasteiger partial charge < -0.3 is 30.0 Å². The van der Waals surface area contributed by atoms with Crippen LogP contribution in [0.1, 0.15) is 65.7 Å². The van der Waals surface area contributed by atoms with Gasteiger partial charge in [-0.15, -0.1) is 0 Å². The highest BCUT2D eigenvalue weighted by atomic mass is 16.5. The molecule has 6 heteroatoms. The van der Waals surface area contributed by atoms with E-state index < -0.39 is 28.7 Å². The molecule has 7 atom stereocenters. The van der Waals surface area contributed by atoms with Crippen molar-refractivity contribution in [2.24, 2.45) is 22.7 Å². The summed E-state index contributed by atoms with van der Waals surface area (Å²) in [4.78, 5) is 11.3. The molecular formula is C20H33O6-.